The number of hydrogen-bond acceptors (Lipinski definition) is 5. The zero-order valence-electron chi connectivity index (χ0n) is 16.7. The molecule has 0 fully saturated rings. The standard InChI is InChI=1S/C24H23N3O2/c1-15-4-9-21(29-3)20(14-15)27-22(18-10-12-25-13-11-18)19-8-7-17-6-5-16(2)26-23(17)24(19)28/h4-14,22,27-28H,1-3H3. The number of pyridine rings is 2. The van der Waals surface area contributed by atoms with Crippen LogP contribution >= 0.6 is 0 Å². The molecule has 0 amide bonds. The van der Waals surface area contributed by atoms with Gasteiger partial charge in [0.15, 0.2) is 0 Å². The van der Waals surface area contributed by atoms with Crippen molar-refractivity contribution in [3.05, 3.63) is 89.4 Å². The predicted octanol–water partition coefficient (Wildman–Crippen LogP) is 5.16. The van der Waals surface area contributed by atoms with Crippen LogP contribution in [0.3, 0.4) is 0 Å². The van der Waals surface area contributed by atoms with Gasteiger partial charge in [-0.05, 0) is 55.3 Å². The van der Waals surface area contributed by atoms with Crippen molar-refractivity contribution in [2.24, 2.45) is 0 Å². The average molecular weight is 385 g/mol. The van der Waals surface area contributed by atoms with Gasteiger partial charge in [0, 0.05) is 29.0 Å². The van der Waals surface area contributed by atoms with Gasteiger partial charge in [-0.1, -0.05) is 24.3 Å². The molecule has 2 heterocycles. The minimum atomic E-state index is -0.305. The molecule has 4 rings (SSSR count). The summed E-state index contributed by atoms with van der Waals surface area (Å²) in [4.78, 5) is 8.68. The molecule has 1 unspecified atom stereocenters. The number of anilines is 1. The van der Waals surface area contributed by atoms with Crippen LogP contribution < -0.4 is 10.1 Å². The van der Waals surface area contributed by atoms with Gasteiger partial charge in [0.2, 0.25) is 0 Å². The van der Waals surface area contributed by atoms with Gasteiger partial charge in [0.25, 0.3) is 0 Å². The molecule has 146 valence electrons. The number of ether oxygens (including phenoxy) is 1. The Kier molecular flexibility index (Phi) is 5.04. The fraction of sp³-hybridized carbons (Fsp3) is 0.167. The Morgan fingerprint density at radius 2 is 1.72 bits per heavy atom. The van der Waals surface area contributed by atoms with E-state index in [0.29, 0.717) is 5.52 Å². The maximum Gasteiger partial charge on any atom is 0.147 e. The van der Waals surface area contributed by atoms with Crippen LogP contribution in [0.4, 0.5) is 5.69 Å². The number of nitrogens with zero attached hydrogens (tertiary/aromatic N) is 2. The summed E-state index contributed by atoms with van der Waals surface area (Å²) in [6, 6.07) is 17.4. The third-order valence-electron chi connectivity index (χ3n) is 5.01. The monoisotopic (exact) mass is 385 g/mol. The Labute approximate surface area is 170 Å². The lowest BCUT2D eigenvalue weighted by Gasteiger charge is -2.24. The molecule has 5 nitrogen and oxygen atoms in total. The number of aromatic hydroxyl groups is 1. The van der Waals surface area contributed by atoms with Gasteiger partial charge in [0.05, 0.1) is 18.8 Å². The minimum Gasteiger partial charge on any atom is -0.505 e. The van der Waals surface area contributed by atoms with Crippen LogP contribution in [0.25, 0.3) is 10.9 Å². The number of rotatable bonds is 5. The van der Waals surface area contributed by atoms with Crippen molar-refractivity contribution < 1.29 is 9.84 Å². The number of fused-ring (bicyclic) bond motifs is 1. The summed E-state index contributed by atoms with van der Waals surface area (Å²) in [5.74, 6) is 0.913. The van der Waals surface area contributed by atoms with Gasteiger partial charge < -0.3 is 15.2 Å². The van der Waals surface area contributed by atoms with Crippen molar-refractivity contribution in [2.75, 3.05) is 12.4 Å². The Morgan fingerprint density at radius 3 is 2.48 bits per heavy atom. The third kappa shape index (κ3) is 3.72. The first-order valence-corrected chi connectivity index (χ1v) is 9.47. The topological polar surface area (TPSA) is 67.3 Å². The molecule has 2 aromatic carbocycles. The van der Waals surface area contributed by atoms with Crippen molar-refractivity contribution in [3.8, 4) is 11.5 Å². The third-order valence-corrected chi connectivity index (χ3v) is 5.01. The summed E-state index contributed by atoms with van der Waals surface area (Å²) in [5, 5.41) is 15.6. The summed E-state index contributed by atoms with van der Waals surface area (Å²) in [6.07, 6.45) is 3.50. The number of methoxy groups -OCH3 is 1. The Morgan fingerprint density at radius 1 is 0.966 bits per heavy atom. The van der Waals surface area contributed by atoms with Gasteiger partial charge in [0.1, 0.15) is 17.0 Å². The van der Waals surface area contributed by atoms with E-state index in [9.17, 15) is 5.11 Å². The van der Waals surface area contributed by atoms with Gasteiger partial charge in [-0.3, -0.25) is 4.98 Å². The number of phenols is 1. The van der Waals surface area contributed by atoms with Crippen LogP contribution in [-0.2, 0) is 0 Å². The number of nitrogens with one attached hydrogen (secondary N) is 1. The normalized spacial score (nSPS) is 12.0. The fourth-order valence-corrected chi connectivity index (χ4v) is 3.51. The van der Waals surface area contributed by atoms with Crippen LogP contribution in [-0.4, -0.2) is 22.2 Å². The molecule has 0 radical (unpaired) electrons. The summed E-state index contributed by atoms with van der Waals surface area (Å²) < 4.78 is 5.54. The van der Waals surface area contributed by atoms with E-state index >= 15 is 0 Å². The quantitative estimate of drug-likeness (QED) is 0.496. The first-order chi connectivity index (χ1) is 14.1. The van der Waals surface area contributed by atoms with E-state index in [4.69, 9.17) is 4.74 Å². The van der Waals surface area contributed by atoms with E-state index in [2.05, 4.69) is 15.3 Å². The Balaban J connectivity index is 1.88. The maximum atomic E-state index is 11.1. The molecule has 2 aromatic heterocycles. The largest absolute Gasteiger partial charge is 0.505 e. The molecule has 0 saturated heterocycles. The van der Waals surface area contributed by atoms with Crippen molar-refractivity contribution in [1.82, 2.24) is 9.97 Å². The second-order valence-corrected chi connectivity index (χ2v) is 7.09. The second kappa shape index (κ2) is 7.80. The molecular formula is C24H23N3O2. The fourth-order valence-electron chi connectivity index (χ4n) is 3.51. The number of benzene rings is 2. The van der Waals surface area contributed by atoms with Crippen LogP contribution in [0.15, 0.2) is 67.0 Å². The van der Waals surface area contributed by atoms with Crippen molar-refractivity contribution in [3.63, 3.8) is 0 Å². The van der Waals surface area contributed by atoms with E-state index in [1.54, 1.807) is 19.5 Å². The summed E-state index contributed by atoms with van der Waals surface area (Å²) in [7, 11) is 1.65. The van der Waals surface area contributed by atoms with Crippen LogP contribution in [0, 0.1) is 13.8 Å². The highest BCUT2D eigenvalue weighted by atomic mass is 16.5. The highest BCUT2D eigenvalue weighted by Gasteiger charge is 2.21. The van der Waals surface area contributed by atoms with Gasteiger partial charge >= 0.3 is 0 Å². The highest BCUT2D eigenvalue weighted by Crippen LogP contribution is 2.38. The van der Waals surface area contributed by atoms with Gasteiger partial charge in [-0.2, -0.15) is 0 Å². The summed E-state index contributed by atoms with van der Waals surface area (Å²) >= 11 is 0. The van der Waals surface area contributed by atoms with Crippen molar-refractivity contribution in [1.29, 1.82) is 0 Å². The van der Waals surface area contributed by atoms with E-state index < -0.39 is 0 Å². The smallest absolute Gasteiger partial charge is 0.147 e. The van der Waals surface area contributed by atoms with E-state index in [-0.39, 0.29) is 11.8 Å². The summed E-state index contributed by atoms with van der Waals surface area (Å²) in [5.41, 5.74) is 5.14. The predicted molar refractivity (Wildman–Crippen MR) is 116 cm³/mol. The zero-order chi connectivity index (χ0) is 20.4. The lowest BCUT2D eigenvalue weighted by Crippen LogP contribution is -2.14. The molecule has 2 N–H and O–H groups in total. The SMILES string of the molecule is COc1ccc(C)cc1NC(c1ccncc1)c1ccc2ccc(C)nc2c1O. The van der Waals surface area contributed by atoms with Gasteiger partial charge in [-0.25, -0.2) is 4.98 Å². The second-order valence-electron chi connectivity index (χ2n) is 7.09. The maximum absolute atomic E-state index is 11.1. The van der Waals surface area contributed by atoms with E-state index in [0.717, 1.165) is 39.2 Å². The summed E-state index contributed by atoms with van der Waals surface area (Å²) in [6.45, 7) is 3.95. The van der Waals surface area contributed by atoms with Crippen LogP contribution in [0.1, 0.15) is 28.4 Å². The number of aryl methyl sites for hydroxylation is 2. The molecular weight excluding hydrogens is 362 g/mol. The minimum absolute atomic E-state index is 0.173. The molecule has 0 bridgehead atoms. The average Bonchev–Trinajstić information content (AvgIpc) is 2.74. The molecule has 4 aromatic rings. The molecule has 0 aliphatic heterocycles. The molecule has 0 aliphatic rings. The zero-order valence-corrected chi connectivity index (χ0v) is 16.7. The molecule has 29 heavy (non-hydrogen) atoms. The molecule has 0 aliphatic carbocycles. The van der Waals surface area contributed by atoms with Crippen molar-refractivity contribution >= 4 is 16.6 Å². The Bertz CT molecular complexity index is 1160. The molecule has 0 spiro atoms. The van der Waals surface area contributed by atoms with E-state index in [1.165, 1.54) is 0 Å². The molecule has 5 heteroatoms. The van der Waals surface area contributed by atoms with Crippen molar-refractivity contribution in [2.45, 2.75) is 19.9 Å². The van der Waals surface area contributed by atoms with Crippen LogP contribution in [0.5, 0.6) is 11.5 Å². The van der Waals surface area contributed by atoms with Crippen LogP contribution in [0.2, 0.25) is 0 Å². The first-order valence-electron chi connectivity index (χ1n) is 9.47. The van der Waals surface area contributed by atoms with Gasteiger partial charge in [-0.15, -0.1) is 0 Å². The number of phenolic OH excluding ortho intramolecular Hbond substituents is 1. The van der Waals surface area contributed by atoms with E-state index in [1.807, 2.05) is 68.4 Å². The lowest BCUT2D eigenvalue weighted by atomic mass is 9.96. The number of aromatic nitrogens is 2. The highest BCUT2D eigenvalue weighted by molar-refractivity contribution is 5.86. The lowest BCUT2D eigenvalue weighted by molar-refractivity contribution is 0.416. The Hall–Kier alpha value is -3.60. The molecule has 0 saturated carbocycles. The first kappa shape index (κ1) is 18.7. The number of hydrogen-bond donors (Lipinski definition) is 2. The molecule has 1 atom stereocenters.